The van der Waals surface area contributed by atoms with Crippen LogP contribution in [0, 0.1) is 50.7 Å². The largest absolute Gasteiger partial charge is 0.0800 e. The van der Waals surface area contributed by atoms with Crippen LogP contribution in [0.4, 0.5) is 0 Å². The Morgan fingerprint density at radius 1 is 0.867 bits per heavy atom. The summed E-state index contributed by atoms with van der Waals surface area (Å²) in [7, 11) is 0. The first-order valence-corrected chi connectivity index (χ1v) is 13.3. The van der Waals surface area contributed by atoms with Gasteiger partial charge in [-0.25, -0.2) is 0 Å². The number of hydrogen-bond acceptors (Lipinski definition) is 0. The van der Waals surface area contributed by atoms with Crippen LogP contribution in [0.15, 0.2) is 23.3 Å². The average molecular weight is 409 g/mol. The van der Waals surface area contributed by atoms with Gasteiger partial charge in [0.05, 0.1) is 0 Å². The van der Waals surface area contributed by atoms with Crippen molar-refractivity contribution >= 4 is 0 Å². The van der Waals surface area contributed by atoms with Gasteiger partial charge in [-0.1, -0.05) is 79.5 Å². The molecule has 0 saturated heterocycles. The lowest BCUT2D eigenvalue weighted by Gasteiger charge is -2.68. The molecule has 0 bridgehead atoms. The highest BCUT2D eigenvalue weighted by molar-refractivity contribution is 5.44. The zero-order chi connectivity index (χ0) is 21.7. The van der Waals surface area contributed by atoms with Gasteiger partial charge < -0.3 is 0 Å². The third-order valence-corrected chi connectivity index (χ3v) is 11.9. The van der Waals surface area contributed by atoms with Crippen molar-refractivity contribution in [2.45, 2.75) is 113 Å². The molecule has 0 unspecified atom stereocenters. The molecule has 0 N–H and O–H groups in total. The van der Waals surface area contributed by atoms with E-state index in [-0.39, 0.29) is 0 Å². The smallest absolute Gasteiger partial charge is 0.00159 e. The number of hydrogen-bond donors (Lipinski definition) is 0. The van der Waals surface area contributed by atoms with Crippen LogP contribution in [-0.4, -0.2) is 0 Å². The summed E-state index contributed by atoms with van der Waals surface area (Å²) in [6.07, 6.45) is 18.2. The minimum Gasteiger partial charge on any atom is -0.0800 e. The summed E-state index contributed by atoms with van der Waals surface area (Å²) in [5.74, 6) is 3.35. The van der Waals surface area contributed by atoms with E-state index in [4.69, 9.17) is 0 Å². The van der Waals surface area contributed by atoms with Crippen molar-refractivity contribution in [3.63, 3.8) is 0 Å². The van der Waals surface area contributed by atoms with Crippen LogP contribution in [-0.2, 0) is 0 Å². The first-order chi connectivity index (χ1) is 13.8. The number of rotatable bonds is 0. The molecule has 30 heavy (non-hydrogen) atoms. The van der Waals surface area contributed by atoms with Gasteiger partial charge >= 0.3 is 0 Å². The minimum absolute atomic E-state index is 0.376. The molecular weight excluding hydrogens is 360 g/mol. The van der Waals surface area contributed by atoms with Crippen molar-refractivity contribution in [3.05, 3.63) is 23.3 Å². The van der Waals surface area contributed by atoms with E-state index in [9.17, 15) is 0 Å². The summed E-state index contributed by atoms with van der Waals surface area (Å²) >= 11 is 0. The molecule has 3 fully saturated rings. The monoisotopic (exact) mass is 408 g/mol. The first-order valence-electron chi connectivity index (χ1n) is 13.3. The zero-order valence-corrected chi connectivity index (χ0v) is 21.3. The highest BCUT2D eigenvalue weighted by Crippen LogP contribution is 2.73. The van der Waals surface area contributed by atoms with E-state index in [1.165, 1.54) is 57.8 Å². The van der Waals surface area contributed by atoms with Crippen LogP contribution in [0.1, 0.15) is 113 Å². The maximum absolute atomic E-state index is 2.76. The topological polar surface area (TPSA) is 0 Å². The Hall–Kier alpha value is -0.520. The highest BCUT2D eigenvalue weighted by atomic mass is 14.7. The van der Waals surface area contributed by atoms with E-state index in [0.29, 0.717) is 27.1 Å². The maximum Gasteiger partial charge on any atom is -0.00159 e. The molecule has 7 atom stereocenters. The van der Waals surface area contributed by atoms with E-state index in [1.54, 1.807) is 5.57 Å². The van der Waals surface area contributed by atoms with Gasteiger partial charge in [-0.2, -0.15) is 0 Å². The molecule has 0 spiro atoms. The molecule has 0 radical (unpaired) electrons. The summed E-state index contributed by atoms with van der Waals surface area (Å²) in [6.45, 7) is 20.9. The molecule has 3 saturated carbocycles. The Morgan fingerprint density at radius 3 is 2.33 bits per heavy atom. The summed E-state index contributed by atoms with van der Waals surface area (Å²) in [5, 5.41) is 0. The standard InChI is InChI=1S/C30H48/c1-20-18-26(2,3)19-22-21(20)12-16-29(7)23(22)10-11-25-28(6)15-9-14-27(4,5)24(28)13-17-30(25,29)8/h10-11,20-21,24-25H,9,12-19H2,1-8H3/t20-,21+,24-,25-,28+,29-,30-/m1/s1. The molecule has 0 heterocycles. The quantitative estimate of drug-likeness (QED) is 0.375. The van der Waals surface area contributed by atoms with Crippen LogP contribution in [0.2, 0.25) is 0 Å². The summed E-state index contributed by atoms with van der Waals surface area (Å²) in [6, 6.07) is 0. The lowest BCUT2D eigenvalue weighted by atomic mass is 9.36. The van der Waals surface area contributed by atoms with Crippen molar-refractivity contribution in [2.75, 3.05) is 0 Å². The summed E-state index contributed by atoms with van der Waals surface area (Å²) in [4.78, 5) is 0. The second kappa shape index (κ2) is 6.29. The number of fused-ring (bicyclic) bond motifs is 6. The summed E-state index contributed by atoms with van der Waals surface area (Å²) in [5.41, 5.74) is 5.95. The van der Waals surface area contributed by atoms with Crippen LogP contribution >= 0.6 is 0 Å². The van der Waals surface area contributed by atoms with Gasteiger partial charge in [0.25, 0.3) is 0 Å². The molecule has 5 rings (SSSR count). The van der Waals surface area contributed by atoms with Gasteiger partial charge in [0.2, 0.25) is 0 Å². The van der Waals surface area contributed by atoms with Crippen molar-refractivity contribution < 1.29 is 0 Å². The second-order valence-electron chi connectivity index (χ2n) is 14.6. The zero-order valence-electron chi connectivity index (χ0n) is 21.3. The molecule has 0 aromatic rings. The molecule has 5 aliphatic rings. The van der Waals surface area contributed by atoms with E-state index < -0.39 is 0 Å². The fraction of sp³-hybridized carbons (Fsp3) is 0.867. The van der Waals surface area contributed by atoms with Gasteiger partial charge in [-0.15, -0.1) is 0 Å². The maximum atomic E-state index is 2.76. The van der Waals surface area contributed by atoms with E-state index >= 15 is 0 Å². The lowest BCUT2D eigenvalue weighted by Crippen LogP contribution is -2.60. The van der Waals surface area contributed by atoms with E-state index in [0.717, 1.165) is 23.7 Å². The Labute approximate surface area is 187 Å². The van der Waals surface area contributed by atoms with E-state index in [1.807, 2.05) is 5.57 Å². The van der Waals surface area contributed by atoms with Crippen LogP contribution < -0.4 is 0 Å². The molecule has 0 heteroatoms. The van der Waals surface area contributed by atoms with Crippen molar-refractivity contribution in [3.8, 4) is 0 Å². The summed E-state index contributed by atoms with van der Waals surface area (Å²) < 4.78 is 0. The fourth-order valence-corrected chi connectivity index (χ4v) is 10.5. The van der Waals surface area contributed by atoms with Crippen molar-refractivity contribution in [2.24, 2.45) is 50.7 Å². The highest BCUT2D eigenvalue weighted by Gasteiger charge is 2.64. The first kappa shape index (κ1) is 21.3. The van der Waals surface area contributed by atoms with Crippen molar-refractivity contribution in [1.82, 2.24) is 0 Å². The number of allylic oxidation sites excluding steroid dienone is 4. The Balaban J connectivity index is 1.64. The Bertz CT molecular complexity index is 793. The Kier molecular flexibility index (Phi) is 4.47. The molecular formula is C30H48. The molecule has 168 valence electrons. The molecule has 0 aliphatic heterocycles. The predicted molar refractivity (Wildman–Crippen MR) is 129 cm³/mol. The van der Waals surface area contributed by atoms with E-state index in [2.05, 4.69) is 67.5 Å². The predicted octanol–water partition coefficient (Wildman–Crippen LogP) is 8.97. The average Bonchev–Trinajstić information content (AvgIpc) is 2.60. The van der Waals surface area contributed by atoms with Crippen LogP contribution in [0.25, 0.3) is 0 Å². The van der Waals surface area contributed by atoms with Gasteiger partial charge in [0.1, 0.15) is 0 Å². The lowest BCUT2D eigenvalue weighted by molar-refractivity contribution is -0.150. The molecule has 0 amide bonds. The molecule has 0 aromatic carbocycles. The van der Waals surface area contributed by atoms with Gasteiger partial charge in [0.15, 0.2) is 0 Å². The van der Waals surface area contributed by atoms with Gasteiger partial charge in [-0.05, 0) is 108 Å². The third-order valence-electron chi connectivity index (χ3n) is 11.9. The van der Waals surface area contributed by atoms with Crippen LogP contribution in [0.5, 0.6) is 0 Å². The normalized spacial score (nSPS) is 51.5. The SMILES string of the molecule is C[C@@H]1CC(C)(C)CC2=C3C=C[C@@H]4[C@@]5(C)CCCC(C)(C)[C@H]5CC[C@@]4(C)[C@]3(C)CC[C@H]21. The second-order valence-corrected chi connectivity index (χ2v) is 14.6. The van der Waals surface area contributed by atoms with Gasteiger partial charge in [-0.3, -0.25) is 0 Å². The van der Waals surface area contributed by atoms with Crippen molar-refractivity contribution in [1.29, 1.82) is 0 Å². The molecule has 0 aromatic heterocycles. The minimum atomic E-state index is 0.376. The molecule has 5 aliphatic carbocycles. The van der Waals surface area contributed by atoms with Gasteiger partial charge in [0, 0.05) is 0 Å². The Morgan fingerprint density at radius 2 is 1.60 bits per heavy atom. The fourth-order valence-electron chi connectivity index (χ4n) is 10.5. The molecule has 0 nitrogen and oxygen atoms in total. The van der Waals surface area contributed by atoms with Crippen LogP contribution in [0.3, 0.4) is 0 Å². The third kappa shape index (κ3) is 2.64.